The summed E-state index contributed by atoms with van der Waals surface area (Å²) in [4.78, 5) is 3.43. The van der Waals surface area contributed by atoms with Gasteiger partial charge in [0.2, 0.25) is 0 Å². The highest BCUT2D eigenvalue weighted by molar-refractivity contribution is 6.09. The topological polar surface area (TPSA) is 63.4 Å². The number of hydrogen-bond donors (Lipinski definition) is 1. The summed E-state index contributed by atoms with van der Waals surface area (Å²) in [5.41, 5.74) is 3.51. The molecule has 3 heteroatoms. The van der Waals surface area contributed by atoms with E-state index in [2.05, 4.69) is 48.0 Å². The Morgan fingerprint density at radius 3 is 2.32 bits per heavy atom. The van der Waals surface area contributed by atoms with Crippen molar-refractivity contribution in [2.24, 2.45) is 0 Å². The molecule has 0 amide bonds. The Balaban J connectivity index is 0.000000297. The molecular formula is C16H11N3. The first-order valence-corrected chi connectivity index (χ1v) is 5.72. The summed E-state index contributed by atoms with van der Waals surface area (Å²) >= 11 is 0. The molecule has 3 rings (SSSR count). The van der Waals surface area contributed by atoms with Gasteiger partial charge in [0.25, 0.3) is 0 Å². The predicted octanol–water partition coefficient (Wildman–Crippen LogP) is 4.00. The Labute approximate surface area is 111 Å². The van der Waals surface area contributed by atoms with E-state index >= 15 is 0 Å². The number of benzene rings is 2. The van der Waals surface area contributed by atoms with Crippen LogP contribution < -0.4 is 0 Å². The number of nitriles is 2. The highest BCUT2D eigenvalue weighted by Crippen LogP contribution is 2.27. The minimum Gasteiger partial charge on any atom is -0.354 e. The van der Waals surface area contributed by atoms with Gasteiger partial charge in [0.15, 0.2) is 12.1 Å². The molecule has 0 aliphatic carbocycles. The van der Waals surface area contributed by atoms with Gasteiger partial charge >= 0.3 is 0 Å². The summed E-state index contributed by atoms with van der Waals surface area (Å²) in [6.07, 6.45) is 1.89. The molecule has 0 saturated carbocycles. The minimum absolute atomic E-state index is 1.16. The van der Waals surface area contributed by atoms with Crippen molar-refractivity contribution >= 4 is 27.9 Å². The standard InChI is InChI=1S/C14H11N.C2N2/c1-2-10-6-5-8-12-11-7-3-4-9-13(11)15-14(10)12;3-1-2-4/h2-9,15H,1H2;. The summed E-state index contributed by atoms with van der Waals surface area (Å²) in [7, 11) is 0. The molecule has 1 aromatic heterocycles. The van der Waals surface area contributed by atoms with Crippen LogP contribution in [0.25, 0.3) is 27.9 Å². The second-order valence-corrected chi connectivity index (χ2v) is 3.87. The lowest BCUT2D eigenvalue weighted by atomic mass is 10.1. The molecule has 3 nitrogen and oxygen atoms in total. The lowest BCUT2D eigenvalue weighted by Gasteiger charge is -1.94. The van der Waals surface area contributed by atoms with Gasteiger partial charge in [0.05, 0.1) is 5.52 Å². The van der Waals surface area contributed by atoms with Crippen LogP contribution in [0.1, 0.15) is 5.56 Å². The van der Waals surface area contributed by atoms with E-state index in [1.165, 1.54) is 33.9 Å². The van der Waals surface area contributed by atoms with Crippen LogP contribution in [0.4, 0.5) is 0 Å². The second kappa shape index (κ2) is 5.53. The smallest absolute Gasteiger partial charge is 0.181 e. The Morgan fingerprint density at radius 1 is 0.947 bits per heavy atom. The SMILES string of the molecule is C=Cc1cccc2c1[nH]c1ccccc12.N#CC#N. The molecule has 19 heavy (non-hydrogen) atoms. The van der Waals surface area contributed by atoms with Crippen LogP contribution in [0.3, 0.4) is 0 Å². The van der Waals surface area contributed by atoms with Gasteiger partial charge in [-0.3, -0.25) is 0 Å². The normalized spacial score (nSPS) is 9.16. The molecule has 2 aromatic carbocycles. The zero-order valence-corrected chi connectivity index (χ0v) is 10.2. The molecule has 0 aliphatic heterocycles. The number of rotatable bonds is 1. The van der Waals surface area contributed by atoms with Crippen LogP contribution in [0, 0.1) is 22.7 Å². The molecule has 90 valence electrons. The Hall–Kier alpha value is -3.04. The number of para-hydroxylation sites is 2. The van der Waals surface area contributed by atoms with Crippen molar-refractivity contribution in [2.45, 2.75) is 0 Å². The molecule has 0 atom stereocenters. The van der Waals surface area contributed by atoms with E-state index in [1.54, 1.807) is 0 Å². The number of aromatic nitrogens is 1. The Morgan fingerprint density at radius 2 is 1.63 bits per heavy atom. The van der Waals surface area contributed by atoms with E-state index in [-0.39, 0.29) is 0 Å². The summed E-state index contributed by atoms with van der Waals surface area (Å²) in [5, 5.41) is 17.1. The first kappa shape index (κ1) is 12.4. The molecule has 3 aromatic rings. The Bertz CT molecular complexity index is 801. The van der Waals surface area contributed by atoms with Crippen molar-refractivity contribution in [3.63, 3.8) is 0 Å². The van der Waals surface area contributed by atoms with Crippen LogP contribution in [-0.2, 0) is 0 Å². The lowest BCUT2D eigenvalue weighted by Crippen LogP contribution is -1.73. The van der Waals surface area contributed by atoms with Crippen molar-refractivity contribution < 1.29 is 0 Å². The van der Waals surface area contributed by atoms with Crippen molar-refractivity contribution in [1.82, 2.24) is 4.98 Å². The van der Waals surface area contributed by atoms with Crippen molar-refractivity contribution in [3.8, 4) is 12.1 Å². The largest absolute Gasteiger partial charge is 0.354 e. The van der Waals surface area contributed by atoms with E-state index in [4.69, 9.17) is 10.5 Å². The average Bonchev–Trinajstić information content (AvgIpc) is 2.86. The number of nitrogens with zero attached hydrogens (tertiary/aromatic N) is 2. The number of aromatic amines is 1. The molecule has 1 N–H and O–H groups in total. The maximum Gasteiger partial charge on any atom is 0.181 e. The van der Waals surface area contributed by atoms with E-state index in [0.717, 1.165) is 5.56 Å². The van der Waals surface area contributed by atoms with Crippen molar-refractivity contribution in [2.75, 3.05) is 0 Å². The molecule has 0 bridgehead atoms. The highest BCUT2D eigenvalue weighted by Gasteiger charge is 2.04. The van der Waals surface area contributed by atoms with Crippen LogP contribution in [0.2, 0.25) is 0 Å². The van der Waals surface area contributed by atoms with Crippen LogP contribution in [0.15, 0.2) is 49.0 Å². The molecule has 1 heterocycles. The van der Waals surface area contributed by atoms with Gasteiger partial charge in [-0.15, -0.1) is 0 Å². The summed E-state index contributed by atoms with van der Waals surface area (Å²) in [6, 6.07) is 17.1. The number of H-pyrrole nitrogens is 1. The van der Waals surface area contributed by atoms with Gasteiger partial charge in [-0.25, -0.2) is 0 Å². The average molecular weight is 245 g/mol. The van der Waals surface area contributed by atoms with Gasteiger partial charge in [-0.1, -0.05) is 49.1 Å². The monoisotopic (exact) mass is 245 g/mol. The third-order valence-corrected chi connectivity index (χ3v) is 2.84. The minimum atomic E-state index is 1.16. The summed E-state index contributed by atoms with van der Waals surface area (Å²) in [5.74, 6) is 0. The molecule has 0 radical (unpaired) electrons. The van der Waals surface area contributed by atoms with Crippen LogP contribution in [-0.4, -0.2) is 4.98 Å². The van der Waals surface area contributed by atoms with Gasteiger partial charge in [0, 0.05) is 16.3 Å². The highest BCUT2D eigenvalue weighted by atomic mass is 14.7. The maximum absolute atomic E-state index is 7.26. The fourth-order valence-electron chi connectivity index (χ4n) is 2.07. The zero-order valence-electron chi connectivity index (χ0n) is 10.2. The summed E-state index contributed by atoms with van der Waals surface area (Å²) in [6.45, 7) is 3.83. The van der Waals surface area contributed by atoms with E-state index in [0.29, 0.717) is 0 Å². The van der Waals surface area contributed by atoms with E-state index in [9.17, 15) is 0 Å². The second-order valence-electron chi connectivity index (χ2n) is 3.87. The third-order valence-electron chi connectivity index (χ3n) is 2.84. The fraction of sp³-hybridized carbons (Fsp3) is 0. The first-order chi connectivity index (χ1) is 9.31. The Kier molecular flexibility index (Phi) is 3.61. The van der Waals surface area contributed by atoms with Gasteiger partial charge < -0.3 is 4.98 Å². The zero-order chi connectivity index (χ0) is 13.7. The molecule has 0 spiro atoms. The van der Waals surface area contributed by atoms with Gasteiger partial charge in [-0.05, 0) is 11.6 Å². The third kappa shape index (κ3) is 2.31. The number of nitrogens with one attached hydrogen (secondary N) is 1. The number of fused-ring (bicyclic) bond motifs is 3. The van der Waals surface area contributed by atoms with Crippen molar-refractivity contribution in [1.29, 1.82) is 10.5 Å². The van der Waals surface area contributed by atoms with Gasteiger partial charge in [0.1, 0.15) is 0 Å². The molecule has 0 unspecified atom stereocenters. The number of hydrogen-bond acceptors (Lipinski definition) is 2. The molecule has 0 aliphatic rings. The fourth-order valence-corrected chi connectivity index (χ4v) is 2.07. The maximum atomic E-state index is 7.26. The molecule has 0 saturated heterocycles. The first-order valence-electron chi connectivity index (χ1n) is 5.72. The summed E-state index contributed by atoms with van der Waals surface area (Å²) < 4.78 is 0. The van der Waals surface area contributed by atoms with Crippen LogP contribution in [0.5, 0.6) is 0 Å². The van der Waals surface area contributed by atoms with Gasteiger partial charge in [-0.2, -0.15) is 10.5 Å². The predicted molar refractivity (Wildman–Crippen MR) is 77.1 cm³/mol. The van der Waals surface area contributed by atoms with Crippen molar-refractivity contribution in [3.05, 3.63) is 54.6 Å². The quantitative estimate of drug-likeness (QED) is 0.704. The lowest BCUT2D eigenvalue weighted by molar-refractivity contribution is 1.49. The van der Waals surface area contributed by atoms with Crippen LogP contribution >= 0.6 is 0 Å². The van der Waals surface area contributed by atoms with E-state index in [1.807, 2.05) is 12.1 Å². The molecule has 0 fully saturated rings. The van der Waals surface area contributed by atoms with E-state index < -0.39 is 0 Å². The molecular weight excluding hydrogens is 234 g/mol.